The molecule has 1 aromatic heterocycles. The van der Waals surface area contributed by atoms with E-state index in [0.29, 0.717) is 18.5 Å². The van der Waals surface area contributed by atoms with Gasteiger partial charge in [0, 0.05) is 17.5 Å². The van der Waals surface area contributed by atoms with Gasteiger partial charge in [0.05, 0.1) is 4.88 Å². The number of piperidine rings is 1. The standard InChI is InChI=1S/C14H22N2OS/c1-3-12-6-7-13(18-12)14(17)16-9-11(8-15)5-4-10(16)2/h6-7,10-11H,3-5,8-9,15H2,1-2H3. The van der Waals surface area contributed by atoms with Gasteiger partial charge in [-0.15, -0.1) is 11.3 Å². The highest BCUT2D eigenvalue weighted by molar-refractivity contribution is 7.14. The van der Waals surface area contributed by atoms with E-state index in [-0.39, 0.29) is 5.91 Å². The summed E-state index contributed by atoms with van der Waals surface area (Å²) in [6.45, 7) is 5.75. The van der Waals surface area contributed by atoms with Crippen LogP contribution in [0.2, 0.25) is 0 Å². The van der Waals surface area contributed by atoms with Crippen LogP contribution < -0.4 is 5.73 Å². The molecule has 2 rings (SSSR count). The molecule has 0 aliphatic carbocycles. The van der Waals surface area contributed by atoms with Gasteiger partial charge < -0.3 is 10.6 Å². The summed E-state index contributed by atoms with van der Waals surface area (Å²) in [5.74, 6) is 0.654. The maximum atomic E-state index is 12.5. The lowest BCUT2D eigenvalue weighted by Crippen LogP contribution is -2.46. The molecule has 2 heterocycles. The van der Waals surface area contributed by atoms with Gasteiger partial charge in [-0.05, 0) is 50.8 Å². The fourth-order valence-electron chi connectivity index (χ4n) is 2.48. The topological polar surface area (TPSA) is 46.3 Å². The largest absolute Gasteiger partial charge is 0.335 e. The maximum absolute atomic E-state index is 12.5. The second-order valence-corrected chi connectivity index (χ2v) is 6.27. The van der Waals surface area contributed by atoms with Gasteiger partial charge >= 0.3 is 0 Å². The molecule has 1 saturated heterocycles. The third kappa shape index (κ3) is 2.75. The van der Waals surface area contributed by atoms with Crippen molar-refractivity contribution in [1.29, 1.82) is 0 Å². The minimum Gasteiger partial charge on any atom is -0.335 e. The molecule has 1 amide bonds. The van der Waals surface area contributed by atoms with Crippen molar-refractivity contribution in [2.75, 3.05) is 13.1 Å². The van der Waals surface area contributed by atoms with Crippen LogP contribution >= 0.6 is 11.3 Å². The fraction of sp³-hybridized carbons (Fsp3) is 0.643. The predicted molar refractivity (Wildman–Crippen MR) is 76.0 cm³/mol. The quantitative estimate of drug-likeness (QED) is 0.913. The van der Waals surface area contributed by atoms with Crippen molar-refractivity contribution < 1.29 is 4.79 Å². The van der Waals surface area contributed by atoms with E-state index in [2.05, 4.69) is 19.9 Å². The normalized spacial score (nSPS) is 24.3. The Morgan fingerprint density at radius 3 is 2.89 bits per heavy atom. The van der Waals surface area contributed by atoms with E-state index in [0.717, 1.165) is 30.7 Å². The average Bonchev–Trinajstić information content (AvgIpc) is 2.87. The Hall–Kier alpha value is -0.870. The third-order valence-electron chi connectivity index (χ3n) is 3.79. The van der Waals surface area contributed by atoms with E-state index >= 15 is 0 Å². The molecule has 100 valence electrons. The number of carbonyl (C=O) groups excluding carboxylic acids is 1. The fourth-order valence-corrected chi connectivity index (χ4v) is 3.39. The van der Waals surface area contributed by atoms with E-state index < -0.39 is 0 Å². The second-order valence-electron chi connectivity index (χ2n) is 5.11. The van der Waals surface area contributed by atoms with Crippen molar-refractivity contribution in [2.45, 2.75) is 39.2 Å². The molecule has 0 aromatic carbocycles. The number of hydrogen-bond acceptors (Lipinski definition) is 3. The van der Waals surface area contributed by atoms with Gasteiger partial charge in [0.2, 0.25) is 0 Å². The van der Waals surface area contributed by atoms with Crippen LogP contribution in [0.5, 0.6) is 0 Å². The monoisotopic (exact) mass is 266 g/mol. The van der Waals surface area contributed by atoms with Crippen LogP contribution in [-0.4, -0.2) is 29.9 Å². The first-order valence-corrected chi connectivity index (χ1v) is 7.57. The van der Waals surface area contributed by atoms with Crippen LogP contribution in [0.25, 0.3) is 0 Å². The summed E-state index contributed by atoms with van der Waals surface area (Å²) in [5, 5.41) is 0. The zero-order valence-electron chi connectivity index (χ0n) is 11.2. The number of likely N-dealkylation sites (tertiary alicyclic amines) is 1. The van der Waals surface area contributed by atoms with Crippen LogP contribution in [0.4, 0.5) is 0 Å². The van der Waals surface area contributed by atoms with Crippen molar-refractivity contribution in [3.8, 4) is 0 Å². The van der Waals surface area contributed by atoms with Crippen molar-refractivity contribution in [1.82, 2.24) is 4.90 Å². The maximum Gasteiger partial charge on any atom is 0.264 e. The van der Waals surface area contributed by atoms with Crippen LogP contribution in [0.1, 0.15) is 41.2 Å². The Morgan fingerprint density at radius 2 is 2.28 bits per heavy atom. The lowest BCUT2D eigenvalue weighted by molar-refractivity contribution is 0.0572. The number of aryl methyl sites for hydroxylation is 1. The van der Waals surface area contributed by atoms with E-state index in [1.807, 2.05) is 11.0 Å². The molecule has 4 heteroatoms. The second kappa shape index (κ2) is 5.85. The van der Waals surface area contributed by atoms with E-state index in [1.165, 1.54) is 4.88 Å². The first kappa shape index (κ1) is 13.6. The third-order valence-corrected chi connectivity index (χ3v) is 5.01. The molecule has 0 radical (unpaired) electrons. The van der Waals surface area contributed by atoms with Gasteiger partial charge in [-0.3, -0.25) is 4.79 Å². The molecule has 3 nitrogen and oxygen atoms in total. The summed E-state index contributed by atoms with van der Waals surface area (Å²) < 4.78 is 0. The molecule has 1 aliphatic heterocycles. The predicted octanol–water partition coefficient (Wildman–Crippen LogP) is 2.51. The molecule has 0 saturated carbocycles. The molecule has 18 heavy (non-hydrogen) atoms. The van der Waals surface area contributed by atoms with E-state index in [9.17, 15) is 4.79 Å². The van der Waals surface area contributed by atoms with Crippen LogP contribution in [0.15, 0.2) is 12.1 Å². The molecule has 2 atom stereocenters. The van der Waals surface area contributed by atoms with Crippen LogP contribution in [0.3, 0.4) is 0 Å². The Morgan fingerprint density at radius 1 is 1.50 bits per heavy atom. The highest BCUT2D eigenvalue weighted by atomic mass is 32.1. The molecular formula is C14H22N2OS. The Balaban J connectivity index is 2.11. The summed E-state index contributed by atoms with van der Waals surface area (Å²) in [4.78, 5) is 16.7. The molecule has 1 aliphatic rings. The van der Waals surface area contributed by atoms with E-state index in [4.69, 9.17) is 5.73 Å². The summed E-state index contributed by atoms with van der Waals surface area (Å²) in [7, 11) is 0. The smallest absolute Gasteiger partial charge is 0.264 e. The minimum absolute atomic E-state index is 0.186. The summed E-state index contributed by atoms with van der Waals surface area (Å²) in [6, 6.07) is 4.37. The first-order chi connectivity index (χ1) is 8.65. The molecule has 0 bridgehead atoms. The molecule has 1 fully saturated rings. The number of amides is 1. The first-order valence-electron chi connectivity index (χ1n) is 6.75. The van der Waals surface area contributed by atoms with Gasteiger partial charge in [0.15, 0.2) is 0 Å². The van der Waals surface area contributed by atoms with Crippen LogP contribution in [0, 0.1) is 5.92 Å². The molecule has 2 N–H and O–H groups in total. The van der Waals surface area contributed by atoms with Gasteiger partial charge in [-0.25, -0.2) is 0 Å². The SMILES string of the molecule is CCc1ccc(C(=O)N2CC(CN)CCC2C)s1. The Bertz CT molecular complexity index is 416. The number of nitrogens with zero attached hydrogens (tertiary/aromatic N) is 1. The Labute approximate surface area is 113 Å². The van der Waals surface area contributed by atoms with Crippen molar-refractivity contribution in [2.24, 2.45) is 11.7 Å². The lowest BCUT2D eigenvalue weighted by Gasteiger charge is -2.37. The lowest BCUT2D eigenvalue weighted by atomic mass is 9.93. The van der Waals surface area contributed by atoms with Gasteiger partial charge in [0.25, 0.3) is 5.91 Å². The Kier molecular flexibility index (Phi) is 4.40. The number of rotatable bonds is 3. The van der Waals surface area contributed by atoms with Crippen molar-refractivity contribution in [3.05, 3.63) is 21.9 Å². The number of hydrogen-bond donors (Lipinski definition) is 1. The van der Waals surface area contributed by atoms with Crippen molar-refractivity contribution in [3.63, 3.8) is 0 Å². The zero-order chi connectivity index (χ0) is 13.1. The molecular weight excluding hydrogens is 244 g/mol. The number of thiophene rings is 1. The summed E-state index contributed by atoms with van der Waals surface area (Å²) in [6.07, 6.45) is 3.21. The van der Waals surface area contributed by atoms with Crippen LogP contribution in [-0.2, 0) is 6.42 Å². The molecule has 0 spiro atoms. The molecule has 2 unspecified atom stereocenters. The van der Waals surface area contributed by atoms with Gasteiger partial charge in [-0.1, -0.05) is 6.92 Å². The highest BCUT2D eigenvalue weighted by Crippen LogP contribution is 2.25. The highest BCUT2D eigenvalue weighted by Gasteiger charge is 2.29. The minimum atomic E-state index is 0.186. The van der Waals surface area contributed by atoms with Crippen molar-refractivity contribution >= 4 is 17.2 Å². The molecule has 1 aromatic rings. The number of carbonyl (C=O) groups is 1. The zero-order valence-corrected chi connectivity index (χ0v) is 12.0. The summed E-state index contributed by atoms with van der Waals surface area (Å²) in [5.41, 5.74) is 5.74. The average molecular weight is 266 g/mol. The number of nitrogens with two attached hydrogens (primary N) is 1. The van der Waals surface area contributed by atoms with E-state index in [1.54, 1.807) is 11.3 Å². The summed E-state index contributed by atoms with van der Waals surface area (Å²) >= 11 is 1.62. The van der Waals surface area contributed by atoms with Gasteiger partial charge in [-0.2, -0.15) is 0 Å². The van der Waals surface area contributed by atoms with Gasteiger partial charge in [0.1, 0.15) is 0 Å².